The normalized spacial score (nSPS) is 10.5. The highest BCUT2D eigenvalue weighted by Crippen LogP contribution is 2.22. The van der Waals surface area contributed by atoms with Gasteiger partial charge in [0.05, 0.1) is 7.11 Å². The molecule has 0 radical (unpaired) electrons. The van der Waals surface area contributed by atoms with Crippen molar-refractivity contribution in [1.82, 2.24) is 9.97 Å². The van der Waals surface area contributed by atoms with Gasteiger partial charge in [0.15, 0.2) is 0 Å². The highest BCUT2D eigenvalue weighted by atomic mass is 16.5. The fourth-order valence-electron chi connectivity index (χ4n) is 3.46. The number of hydrogen-bond acceptors (Lipinski definition) is 6. The highest BCUT2D eigenvalue weighted by molar-refractivity contribution is 6.05. The van der Waals surface area contributed by atoms with E-state index in [4.69, 9.17) is 4.74 Å². The molecule has 0 fully saturated rings. The van der Waals surface area contributed by atoms with Crippen LogP contribution in [0.15, 0.2) is 72.8 Å². The zero-order chi connectivity index (χ0) is 24.1. The number of anilines is 5. The van der Waals surface area contributed by atoms with E-state index in [1.165, 1.54) is 0 Å². The molecule has 1 amide bonds. The van der Waals surface area contributed by atoms with Crippen molar-refractivity contribution in [3.63, 3.8) is 0 Å². The van der Waals surface area contributed by atoms with Crippen LogP contribution in [-0.4, -0.2) is 23.0 Å². The maximum atomic E-state index is 12.7. The van der Waals surface area contributed by atoms with Gasteiger partial charge >= 0.3 is 0 Å². The minimum Gasteiger partial charge on any atom is -0.497 e. The van der Waals surface area contributed by atoms with Crippen molar-refractivity contribution in [1.29, 1.82) is 0 Å². The molecule has 0 unspecified atom stereocenters. The molecule has 0 saturated heterocycles. The largest absolute Gasteiger partial charge is 0.497 e. The lowest BCUT2D eigenvalue weighted by atomic mass is 10.1. The molecule has 34 heavy (non-hydrogen) atoms. The number of methoxy groups -OCH3 is 1. The van der Waals surface area contributed by atoms with Gasteiger partial charge in [0.25, 0.3) is 5.91 Å². The quantitative estimate of drug-likeness (QED) is 0.311. The summed E-state index contributed by atoms with van der Waals surface area (Å²) in [5.74, 6) is 1.82. The molecule has 4 rings (SSSR count). The number of aryl methyl sites for hydroxylation is 3. The third-order valence-electron chi connectivity index (χ3n) is 5.25. The van der Waals surface area contributed by atoms with Crippen molar-refractivity contribution in [2.45, 2.75) is 20.8 Å². The summed E-state index contributed by atoms with van der Waals surface area (Å²) in [6.07, 6.45) is 0. The van der Waals surface area contributed by atoms with Crippen LogP contribution >= 0.6 is 0 Å². The maximum Gasteiger partial charge on any atom is 0.255 e. The molecule has 3 aromatic carbocycles. The lowest BCUT2D eigenvalue weighted by Gasteiger charge is -2.12. The van der Waals surface area contributed by atoms with E-state index in [-0.39, 0.29) is 5.91 Å². The second-order valence-corrected chi connectivity index (χ2v) is 8.05. The Labute approximate surface area is 199 Å². The number of benzene rings is 3. The van der Waals surface area contributed by atoms with Crippen LogP contribution in [0.2, 0.25) is 0 Å². The van der Waals surface area contributed by atoms with E-state index >= 15 is 0 Å². The summed E-state index contributed by atoms with van der Waals surface area (Å²) in [5.41, 5.74) is 5.91. The van der Waals surface area contributed by atoms with E-state index in [2.05, 4.69) is 25.9 Å². The number of amides is 1. The molecule has 0 saturated carbocycles. The SMILES string of the molecule is COc1ccc(Nc2cc(C)nc(Nc3ccc(NC(=O)c4cc(C)ccc4C)cc3)n2)cc1. The predicted octanol–water partition coefficient (Wildman–Crippen LogP) is 6.15. The Hall–Kier alpha value is -4.39. The summed E-state index contributed by atoms with van der Waals surface area (Å²) in [4.78, 5) is 21.7. The molecule has 7 nitrogen and oxygen atoms in total. The Morgan fingerprint density at radius 3 is 2.12 bits per heavy atom. The van der Waals surface area contributed by atoms with E-state index in [0.29, 0.717) is 23.0 Å². The minimum absolute atomic E-state index is 0.127. The Morgan fingerprint density at radius 1 is 0.765 bits per heavy atom. The number of nitrogens with zero attached hydrogens (tertiary/aromatic N) is 2. The third kappa shape index (κ3) is 5.69. The van der Waals surface area contributed by atoms with Gasteiger partial charge in [0.2, 0.25) is 5.95 Å². The zero-order valence-corrected chi connectivity index (χ0v) is 19.6. The molecular formula is C27H27N5O2. The van der Waals surface area contributed by atoms with Gasteiger partial charge in [-0.1, -0.05) is 17.7 Å². The first-order valence-corrected chi connectivity index (χ1v) is 10.9. The molecule has 0 bridgehead atoms. The molecule has 4 aromatic rings. The Balaban J connectivity index is 1.43. The van der Waals surface area contributed by atoms with Gasteiger partial charge in [-0.3, -0.25) is 4.79 Å². The first kappa shape index (κ1) is 22.8. The molecule has 0 aliphatic carbocycles. The number of carbonyl (C=O) groups excluding carboxylic acids is 1. The van der Waals surface area contributed by atoms with Gasteiger partial charge in [-0.05, 0) is 80.9 Å². The molecule has 172 valence electrons. The molecule has 7 heteroatoms. The fourth-order valence-corrected chi connectivity index (χ4v) is 3.46. The molecule has 0 aliphatic heterocycles. The van der Waals surface area contributed by atoms with Crippen LogP contribution in [0.4, 0.5) is 28.8 Å². The average Bonchev–Trinajstić information content (AvgIpc) is 2.82. The minimum atomic E-state index is -0.127. The monoisotopic (exact) mass is 453 g/mol. The van der Waals surface area contributed by atoms with Crippen molar-refractivity contribution in [3.8, 4) is 5.75 Å². The second kappa shape index (κ2) is 10.0. The Morgan fingerprint density at radius 2 is 1.41 bits per heavy atom. The first-order chi connectivity index (χ1) is 16.4. The van der Waals surface area contributed by atoms with Crippen molar-refractivity contribution in [2.75, 3.05) is 23.1 Å². The summed E-state index contributed by atoms with van der Waals surface area (Å²) in [6.45, 7) is 5.82. The summed E-state index contributed by atoms with van der Waals surface area (Å²) in [6, 6.07) is 22.8. The van der Waals surface area contributed by atoms with E-state index < -0.39 is 0 Å². The standard InChI is InChI=1S/C27H27N5O2/c1-17-5-6-18(2)24(15-17)26(33)30-21-7-9-22(10-8-21)31-27-28-19(3)16-25(32-27)29-20-11-13-23(34-4)14-12-20/h5-16H,1-4H3,(H,30,33)(H2,28,29,31,32). The fraction of sp³-hybridized carbons (Fsp3) is 0.148. The number of ether oxygens (including phenoxy) is 1. The van der Waals surface area contributed by atoms with Crippen LogP contribution in [0.3, 0.4) is 0 Å². The van der Waals surface area contributed by atoms with Crippen LogP contribution in [0.1, 0.15) is 27.2 Å². The van der Waals surface area contributed by atoms with Crippen molar-refractivity contribution in [2.24, 2.45) is 0 Å². The van der Waals surface area contributed by atoms with Gasteiger partial charge in [0, 0.05) is 34.4 Å². The van der Waals surface area contributed by atoms with Gasteiger partial charge in [0.1, 0.15) is 11.6 Å². The zero-order valence-electron chi connectivity index (χ0n) is 19.6. The number of nitrogens with one attached hydrogen (secondary N) is 3. The molecule has 3 N–H and O–H groups in total. The number of rotatable bonds is 7. The van der Waals surface area contributed by atoms with E-state index in [1.54, 1.807) is 7.11 Å². The molecule has 0 atom stereocenters. The van der Waals surface area contributed by atoms with Crippen LogP contribution in [0.25, 0.3) is 0 Å². The molecular weight excluding hydrogens is 426 g/mol. The van der Waals surface area contributed by atoms with Gasteiger partial charge < -0.3 is 20.7 Å². The summed E-state index contributed by atoms with van der Waals surface area (Å²) < 4.78 is 5.20. The lowest BCUT2D eigenvalue weighted by molar-refractivity contribution is 0.102. The van der Waals surface area contributed by atoms with Gasteiger partial charge in [-0.25, -0.2) is 4.98 Å². The lowest BCUT2D eigenvalue weighted by Crippen LogP contribution is -2.13. The Kier molecular flexibility index (Phi) is 6.73. The second-order valence-electron chi connectivity index (χ2n) is 8.05. The van der Waals surface area contributed by atoms with Gasteiger partial charge in [-0.2, -0.15) is 4.98 Å². The van der Waals surface area contributed by atoms with Crippen LogP contribution < -0.4 is 20.7 Å². The third-order valence-corrected chi connectivity index (χ3v) is 5.25. The summed E-state index contributed by atoms with van der Waals surface area (Å²) >= 11 is 0. The molecule has 1 aromatic heterocycles. The molecule has 0 spiro atoms. The highest BCUT2D eigenvalue weighted by Gasteiger charge is 2.10. The summed E-state index contributed by atoms with van der Waals surface area (Å²) in [5, 5.41) is 9.46. The van der Waals surface area contributed by atoms with Crippen LogP contribution in [0.5, 0.6) is 5.75 Å². The van der Waals surface area contributed by atoms with Crippen molar-refractivity contribution < 1.29 is 9.53 Å². The van der Waals surface area contributed by atoms with Crippen LogP contribution in [-0.2, 0) is 0 Å². The maximum absolute atomic E-state index is 12.7. The summed E-state index contributed by atoms with van der Waals surface area (Å²) in [7, 11) is 1.64. The first-order valence-electron chi connectivity index (χ1n) is 10.9. The van der Waals surface area contributed by atoms with E-state index in [1.807, 2.05) is 93.6 Å². The average molecular weight is 454 g/mol. The van der Waals surface area contributed by atoms with Crippen molar-refractivity contribution in [3.05, 3.63) is 95.2 Å². The Bertz CT molecular complexity index is 1300. The topological polar surface area (TPSA) is 88.2 Å². The van der Waals surface area contributed by atoms with E-state index in [9.17, 15) is 4.79 Å². The smallest absolute Gasteiger partial charge is 0.255 e. The molecule has 0 aliphatic rings. The van der Waals surface area contributed by atoms with E-state index in [0.717, 1.165) is 33.9 Å². The molecule has 1 heterocycles. The van der Waals surface area contributed by atoms with Gasteiger partial charge in [-0.15, -0.1) is 0 Å². The predicted molar refractivity (Wildman–Crippen MR) is 137 cm³/mol. The van der Waals surface area contributed by atoms with Crippen LogP contribution in [0, 0.1) is 20.8 Å². The number of hydrogen-bond donors (Lipinski definition) is 3. The van der Waals surface area contributed by atoms with Crippen molar-refractivity contribution >= 4 is 34.7 Å². The number of aromatic nitrogens is 2. The number of carbonyl (C=O) groups is 1.